The van der Waals surface area contributed by atoms with Gasteiger partial charge in [-0.25, -0.2) is 0 Å². The van der Waals surface area contributed by atoms with Gasteiger partial charge in [0, 0.05) is 0 Å². The van der Waals surface area contributed by atoms with Crippen LogP contribution in [0.3, 0.4) is 0 Å². The zero-order valence-corrected chi connectivity index (χ0v) is 8.91. The summed E-state index contributed by atoms with van der Waals surface area (Å²) in [5.41, 5.74) is 8.80. The summed E-state index contributed by atoms with van der Waals surface area (Å²) in [6.45, 7) is 4.36. The minimum Gasteiger partial charge on any atom is -0.487 e. The molecule has 14 heavy (non-hydrogen) atoms. The third-order valence-electron chi connectivity index (χ3n) is 0.500. The van der Waals surface area contributed by atoms with Crippen LogP contribution in [0.4, 0.5) is 0 Å². The van der Waals surface area contributed by atoms with Crippen molar-refractivity contribution >= 4 is 34.8 Å². The molecule has 0 aliphatic heterocycles. The topological polar surface area (TPSA) is 92.5 Å². The predicted molar refractivity (Wildman–Crippen MR) is 72.9 cm³/mol. The maximum Gasteiger partial charge on any atom is 0.251 e. The van der Waals surface area contributed by atoms with Gasteiger partial charge in [0.25, 0.3) is 10.3 Å². The summed E-state index contributed by atoms with van der Waals surface area (Å²) in [7, 11) is 0. The van der Waals surface area contributed by atoms with Crippen LogP contribution in [0.1, 0.15) is 41.5 Å². The van der Waals surface area contributed by atoms with Crippen LogP contribution in [-0.4, -0.2) is 20.6 Å². The van der Waals surface area contributed by atoms with E-state index >= 15 is 0 Å². The molecule has 0 amide bonds. The van der Waals surface area contributed by atoms with Crippen molar-refractivity contribution in [2.24, 2.45) is 11.5 Å². The van der Waals surface area contributed by atoms with Gasteiger partial charge in [0.2, 0.25) is 0 Å². The third kappa shape index (κ3) is 8490. The molecule has 0 spiro atoms. The standard InChI is InChI=1S/C4H10.2CH3NOS.2CH4/c1-3-4-2;2*2-1(3)4;;/h3-4H2,1-2H3;2*(H3,2,3,4);2*1H4. The smallest absolute Gasteiger partial charge is 0.251 e. The quantitative estimate of drug-likeness (QED) is 0.530. The third-order valence-corrected chi connectivity index (χ3v) is 0.500. The molecule has 0 saturated heterocycles. The van der Waals surface area contributed by atoms with Gasteiger partial charge in [-0.05, 0) is 24.4 Å². The highest BCUT2D eigenvalue weighted by molar-refractivity contribution is 7.80. The van der Waals surface area contributed by atoms with Crippen LogP contribution in [0.25, 0.3) is 0 Å². The number of aliphatic hydroxyl groups is 2. The number of aliphatic hydroxyl groups excluding tert-OH is 2. The molecule has 0 aromatic rings. The Labute approximate surface area is 98.3 Å². The number of hydrogen-bond acceptors (Lipinski definition) is 2. The van der Waals surface area contributed by atoms with Crippen LogP contribution in [0.2, 0.25) is 0 Å². The molecule has 0 aliphatic carbocycles. The molecule has 0 radical (unpaired) electrons. The average Bonchev–Trinajstić information content (AvgIpc) is 1.85. The first-order chi connectivity index (χ1) is 5.38. The van der Waals surface area contributed by atoms with Crippen molar-refractivity contribution in [3.8, 4) is 0 Å². The van der Waals surface area contributed by atoms with Gasteiger partial charge in [-0.2, -0.15) is 0 Å². The number of thiocarbonyl (C=S) groups is 2. The molecule has 0 aromatic heterocycles. The molecule has 6 N–H and O–H groups in total. The van der Waals surface area contributed by atoms with Crippen LogP contribution in [-0.2, 0) is 0 Å². The fourth-order valence-corrected chi connectivity index (χ4v) is 0. The molecule has 0 aliphatic rings. The van der Waals surface area contributed by atoms with Gasteiger partial charge in [0.1, 0.15) is 0 Å². The maximum atomic E-state index is 7.56. The molecule has 0 unspecified atom stereocenters. The van der Waals surface area contributed by atoms with Crippen molar-refractivity contribution in [3.63, 3.8) is 0 Å². The Hall–Kier alpha value is -0.620. The van der Waals surface area contributed by atoms with E-state index < -0.39 is 10.3 Å². The summed E-state index contributed by atoms with van der Waals surface area (Å²) in [5, 5.41) is 14.1. The summed E-state index contributed by atoms with van der Waals surface area (Å²) in [5.74, 6) is 0. The molecule has 0 saturated carbocycles. The summed E-state index contributed by atoms with van der Waals surface area (Å²) in [6.07, 6.45) is 2.64. The molecule has 0 heterocycles. The van der Waals surface area contributed by atoms with Gasteiger partial charge in [-0.1, -0.05) is 41.5 Å². The lowest BCUT2D eigenvalue weighted by Gasteiger charge is -1.68. The van der Waals surface area contributed by atoms with Crippen LogP contribution in [0, 0.1) is 0 Å². The van der Waals surface area contributed by atoms with Crippen molar-refractivity contribution in [2.75, 3.05) is 0 Å². The van der Waals surface area contributed by atoms with Gasteiger partial charge in [-0.15, -0.1) is 0 Å². The van der Waals surface area contributed by atoms with Crippen molar-refractivity contribution in [3.05, 3.63) is 0 Å². The van der Waals surface area contributed by atoms with E-state index in [0.29, 0.717) is 0 Å². The molecule has 0 atom stereocenters. The molecule has 0 fully saturated rings. The number of unbranched alkanes of at least 4 members (excludes halogenated alkanes) is 1. The van der Waals surface area contributed by atoms with E-state index in [2.05, 4.69) is 49.8 Å². The summed E-state index contributed by atoms with van der Waals surface area (Å²) >= 11 is 7.74. The fourth-order valence-electron chi connectivity index (χ4n) is 0. The van der Waals surface area contributed by atoms with E-state index in [4.69, 9.17) is 10.2 Å². The first kappa shape index (κ1) is 29.2. The maximum absolute atomic E-state index is 7.56. The Bertz CT molecular complexity index is 99.9. The Balaban J connectivity index is -0.0000000270. The molecule has 0 bridgehead atoms. The summed E-state index contributed by atoms with van der Waals surface area (Å²) in [4.78, 5) is 0. The minimum atomic E-state index is -0.500. The highest BCUT2D eigenvalue weighted by Gasteiger charge is 1.58. The monoisotopic (exact) mass is 244 g/mol. The van der Waals surface area contributed by atoms with Crippen LogP contribution >= 0.6 is 24.4 Å². The van der Waals surface area contributed by atoms with Crippen molar-refractivity contribution in [2.45, 2.75) is 41.5 Å². The number of nitrogens with two attached hydrogens (primary N) is 2. The Morgan fingerprint density at radius 2 is 1.00 bits per heavy atom. The van der Waals surface area contributed by atoms with Gasteiger partial charge in [0.05, 0.1) is 0 Å². The van der Waals surface area contributed by atoms with Crippen molar-refractivity contribution in [1.29, 1.82) is 0 Å². The number of rotatable bonds is 1. The highest BCUT2D eigenvalue weighted by Crippen LogP contribution is 1.76. The van der Waals surface area contributed by atoms with Crippen molar-refractivity contribution < 1.29 is 10.2 Å². The van der Waals surface area contributed by atoms with Crippen LogP contribution < -0.4 is 11.5 Å². The van der Waals surface area contributed by atoms with Gasteiger partial charge in [0.15, 0.2) is 0 Å². The Kier molecular flexibility index (Phi) is 61.4. The Morgan fingerprint density at radius 3 is 1.00 bits per heavy atom. The highest BCUT2D eigenvalue weighted by atomic mass is 32.1. The van der Waals surface area contributed by atoms with E-state index in [1.165, 1.54) is 12.8 Å². The lowest BCUT2D eigenvalue weighted by Crippen LogP contribution is -2.03. The van der Waals surface area contributed by atoms with E-state index in [1.807, 2.05) is 0 Å². The first-order valence-electron chi connectivity index (χ1n) is 3.35. The van der Waals surface area contributed by atoms with E-state index in [9.17, 15) is 0 Å². The van der Waals surface area contributed by atoms with E-state index in [0.717, 1.165) is 0 Å². The molecule has 4 nitrogen and oxygen atoms in total. The molecular formula is C8H24N2O2S2. The molecule has 6 heteroatoms. The minimum absolute atomic E-state index is 0. The molecular weight excluding hydrogens is 220 g/mol. The van der Waals surface area contributed by atoms with Gasteiger partial charge in [-0.3, -0.25) is 0 Å². The lowest BCUT2D eigenvalue weighted by atomic mass is 10.4. The Morgan fingerprint density at radius 1 is 0.929 bits per heavy atom. The second-order valence-corrected chi connectivity index (χ2v) is 2.51. The van der Waals surface area contributed by atoms with Gasteiger partial charge < -0.3 is 21.7 Å². The van der Waals surface area contributed by atoms with E-state index in [-0.39, 0.29) is 14.9 Å². The van der Waals surface area contributed by atoms with E-state index in [1.54, 1.807) is 0 Å². The van der Waals surface area contributed by atoms with Gasteiger partial charge >= 0.3 is 0 Å². The lowest BCUT2D eigenvalue weighted by molar-refractivity contribution is 0.559. The zero-order valence-electron chi connectivity index (χ0n) is 7.28. The molecule has 90 valence electrons. The van der Waals surface area contributed by atoms with Crippen LogP contribution in [0.15, 0.2) is 0 Å². The zero-order chi connectivity index (χ0) is 10.6. The first-order valence-corrected chi connectivity index (χ1v) is 4.16. The second-order valence-electron chi connectivity index (χ2n) is 1.68. The van der Waals surface area contributed by atoms with Crippen molar-refractivity contribution in [1.82, 2.24) is 0 Å². The SMILES string of the molecule is C.C.CCCC.NC(O)=S.NC(O)=S. The fraction of sp³-hybridized carbons (Fsp3) is 0.750. The second kappa shape index (κ2) is 29.4. The normalized spacial score (nSPS) is 5.57. The largest absolute Gasteiger partial charge is 0.487 e. The molecule has 0 aromatic carbocycles. The predicted octanol–water partition coefficient (Wildman–Crippen LogP) is 2.65. The van der Waals surface area contributed by atoms with Crippen LogP contribution in [0.5, 0.6) is 0 Å². The average molecular weight is 244 g/mol. The summed E-state index contributed by atoms with van der Waals surface area (Å²) < 4.78 is 0. The summed E-state index contributed by atoms with van der Waals surface area (Å²) in [6, 6.07) is 0. The number of hydrogen-bond donors (Lipinski definition) is 4. The molecule has 0 rings (SSSR count).